The van der Waals surface area contributed by atoms with Gasteiger partial charge in [0.25, 0.3) is 0 Å². The summed E-state index contributed by atoms with van der Waals surface area (Å²) >= 11 is 0. The van der Waals surface area contributed by atoms with Crippen molar-refractivity contribution >= 4 is 17.1 Å². The third kappa shape index (κ3) is 5.60. The van der Waals surface area contributed by atoms with E-state index in [1.807, 2.05) is 0 Å². The minimum Gasteiger partial charge on any atom is -0.398 e. The van der Waals surface area contributed by atoms with E-state index in [1.54, 1.807) is 28.4 Å². The van der Waals surface area contributed by atoms with Crippen LogP contribution in [-0.2, 0) is 30.5 Å². The first kappa shape index (κ1) is 19.5. The van der Waals surface area contributed by atoms with E-state index >= 15 is 0 Å². The Morgan fingerprint density at radius 2 is 1.00 bits per heavy atom. The largest absolute Gasteiger partial charge is 0.398 e. The molecule has 0 unspecified atom stereocenters. The highest BCUT2D eigenvalue weighted by atomic mass is 28.4. The number of rotatable bonds is 10. The Morgan fingerprint density at radius 1 is 0.682 bits per heavy atom. The van der Waals surface area contributed by atoms with Crippen LogP contribution in [0, 0.1) is 0 Å². The van der Waals surface area contributed by atoms with Crippen LogP contribution >= 0.6 is 0 Å². The highest BCUT2D eigenvalue weighted by Crippen LogP contribution is 2.22. The van der Waals surface area contributed by atoms with Gasteiger partial charge in [0.2, 0.25) is 0 Å². The van der Waals surface area contributed by atoms with Crippen LogP contribution in [0.2, 0.25) is 25.2 Å². The lowest BCUT2D eigenvalue weighted by Crippen LogP contribution is -2.37. The molecule has 0 N–H and O–H groups in total. The van der Waals surface area contributed by atoms with Crippen molar-refractivity contribution in [3.05, 3.63) is 35.4 Å². The maximum absolute atomic E-state index is 5.58. The van der Waals surface area contributed by atoms with Gasteiger partial charge in [-0.15, -0.1) is 0 Å². The standard InChI is InChI=1S/C16H30O4Si2/c1-17-21(5,18-2)13-11-15-9-7-8-10-16(15)12-14-22(6,19-3)20-4/h7-10H,11-14H2,1-6H3. The molecule has 0 saturated heterocycles. The minimum atomic E-state index is -2.02. The predicted molar refractivity (Wildman–Crippen MR) is 94.7 cm³/mol. The molecule has 1 aromatic rings. The van der Waals surface area contributed by atoms with Gasteiger partial charge in [0.1, 0.15) is 0 Å². The molecule has 0 aliphatic rings. The molecule has 0 spiro atoms. The predicted octanol–water partition coefficient (Wildman–Crippen LogP) is 3.50. The first-order valence-corrected chi connectivity index (χ1v) is 12.7. The Balaban J connectivity index is 2.74. The Kier molecular flexibility index (Phi) is 7.95. The van der Waals surface area contributed by atoms with E-state index in [-0.39, 0.29) is 0 Å². The normalized spacial score (nSPS) is 12.6. The highest BCUT2D eigenvalue weighted by molar-refractivity contribution is 6.66. The van der Waals surface area contributed by atoms with Gasteiger partial charge in [-0.1, -0.05) is 24.3 Å². The molecule has 0 fully saturated rings. The zero-order valence-corrected chi connectivity index (χ0v) is 16.8. The van der Waals surface area contributed by atoms with E-state index in [0.717, 1.165) is 24.9 Å². The lowest BCUT2D eigenvalue weighted by Gasteiger charge is -2.24. The first-order valence-electron chi connectivity index (χ1n) is 7.69. The van der Waals surface area contributed by atoms with E-state index in [9.17, 15) is 0 Å². The van der Waals surface area contributed by atoms with Gasteiger partial charge >= 0.3 is 17.1 Å². The molecule has 4 nitrogen and oxygen atoms in total. The van der Waals surface area contributed by atoms with Gasteiger partial charge < -0.3 is 17.7 Å². The molecule has 6 heteroatoms. The number of hydrogen-bond acceptors (Lipinski definition) is 4. The van der Waals surface area contributed by atoms with E-state index in [2.05, 4.69) is 37.4 Å². The van der Waals surface area contributed by atoms with Crippen molar-refractivity contribution in [1.29, 1.82) is 0 Å². The maximum Gasteiger partial charge on any atom is 0.334 e. The van der Waals surface area contributed by atoms with Crippen LogP contribution in [-0.4, -0.2) is 45.6 Å². The van der Waals surface area contributed by atoms with Gasteiger partial charge in [-0.2, -0.15) is 0 Å². The SMILES string of the molecule is CO[Si](C)(CCc1ccccc1CC[Si](C)(OC)OC)OC. The summed E-state index contributed by atoms with van der Waals surface area (Å²) in [6.07, 6.45) is 1.97. The van der Waals surface area contributed by atoms with Crippen LogP contribution in [0.15, 0.2) is 24.3 Å². The molecule has 0 radical (unpaired) electrons. The first-order chi connectivity index (χ1) is 10.4. The van der Waals surface area contributed by atoms with E-state index in [1.165, 1.54) is 11.1 Å². The topological polar surface area (TPSA) is 36.9 Å². The summed E-state index contributed by atoms with van der Waals surface area (Å²) in [5.41, 5.74) is 2.75. The Labute approximate surface area is 137 Å². The van der Waals surface area contributed by atoms with Gasteiger partial charge in [-0.3, -0.25) is 0 Å². The van der Waals surface area contributed by atoms with Crippen molar-refractivity contribution in [2.75, 3.05) is 28.4 Å². The summed E-state index contributed by atoms with van der Waals surface area (Å²) in [6, 6.07) is 10.5. The molecule has 0 heterocycles. The molecular formula is C16H30O4Si2. The summed E-state index contributed by atoms with van der Waals surface area (Å²) in [5, 5.41) is 0. The molecule has 1 rings (SSSR count). The van der Waals surface area contributed by atoms with E-state index in [0.29, 0.717) is 0 Å². The Hall–Kier alpha value is -0.506. The fourth-order valence-electron chi connectivity index (χ4n) is 2.34. The van der Waals surface area contributed by atoms with Crippen molar-refractivity contribution < 1.29 is 17.7 Å². The molecular weight excluding hydrogens is 312 g/mol. The second-order valence-corrected chi connectivity index (χ2v) is 13.0. The molecule has 0 aromatic heterocycles. The van der Waals surface area contributed by atoms with Crippen molar-refractivity contribution in [3.63, 3.8) is 0 Å². The second kappa shape index (κ2) is 8.95. The van der Waals surface area contributed by atoms with Gasteiger partial charge in [-0.05, 0) is 49.2 Å². The van der Waals surface area contributed by atoms with Gasteiger partial charge in [0.15, 0.2) is 0 Å². The minimum absolute atomic E-state index is 0.959. The molecule has 1 aromatic carbocycles. The van der Waals surface area contributed by atoms with Crippen LogP contribution in [0.5, 0.6) is 0 Å². The van der Waals surface area contributed by atoms with Gasteiger partial charge in [0, 0.05) is 28.4 Å². The lowest BCUT2D eigenvalue weighted by molar-refractivity contribution is 0.248. The van der Waals surface area contributed by atoms with Crippen LogP contribution in [0.3, 0.4) is 0 Å². The van der Waals surface area contributed by atoms with Crippen molar-refractivity contribution in [2.45, 2.75) is 38.0 Å². The average molecular weight is 343 g/mol. The fraction of sp³-hybridized carbons (Fsp3) is 0.625. The van der Waals surface area contributed by atoms with Crippen LogP contribution < -0.4 is 0 Å². The molecule has 0 bridgehead atoms. The van der Waals surface area contributed by atoms with Crippen LogP contribution in [0.1, 0.15) is 11.1 Å². The maximum atomic E-state index is 5.58. The zero-order chi connectivity index (χ0) is 16.6. The van der Waals surface area contributed by atoms with Gasteiger partial charge in [-0.25, -0.2) is 0 Å². The Bertz CT molecular complexity index is 405. The van der Waals surface area contributed by atoms with Crippen LogP contribution in [0.25, 0.3) is 0 Å². The van der Waals surface area contributed by atoms with E-state index < -0.39 is 17.1 Å². The number of aryl methyl sites for hydroxylation is 2. The third-order valence-corrected chi connectivity index (χ3v) is 10.3. The molecule has 0 aliphatic heterocycles. The Morgan fingerprint density at radius 3 is 1.27 bits per heavy atom. The summed E-state index contributed by atoms with van der Waals surface area (Å²) in [5.74, 6) is 0. The fourth-order valence-corrected chi connectivity index (χ4v) is 4.94. The van der Waals surface area contributed by atoms with Crippen molar-refractivity contribution in [1.82, 2.24) is 0 Å². The summed E-state index contributed by atoms with van der Waals surface area (Å²) < 4.78 is 22.3. The smallest absolute Gasteiger partial charge is 0.334 e. The number of benzene rings is 1. The molecule has 0 amide bonds. The highest BCUT2D eigenvalue weighted by Gasteiger charge is 2.30. The summed E-state index contributed by atoms with van der Waals surface area (Å²) in [6.45, 7) is 4.21. The average Bonchev–Trinajstić information content (AvgIpc) is 2.58. The van der Waals surface area contributed by atoms with Crippen molar-refractivity contribution in [3.8, 4) is 0 Å². The van der Waals surface area contributed by atoms with Gasteiger partial charge in [0.05, 0.1) is 0 Å². The second-order valence-electron chi connectivity index (χ2n) is 5.85. The third-order valence-electron chi connectivity index (χ3n) is 4.54. The summed E-state index contributed by atoms with van der Waals surface area (Å²) in [4.78, 5) is 0. The van der Waals surface area contributed by atoms with Crippen molar-refractivity contribution in [2.24, 2.45) is 0 Å². The molecule has 126 valence electrons. The molecule has 0 saturated carbocycles. The number of hydrogen-bond donors (Lipinski definition) is 0. The molecule has 0 aliphatic carbocycles. The molecule has 22 heavy (non-hydrogen) atoms. The summed E-state index contributed by atoms with van der Waals surface area (Å²) in [7, 11) is 2.95. The lowest BCUT2D eigenvalue weighted by atomic mass is 10.0. The molecule has 0 atom stereocenters. The quantitative estimate of drug-likeness (QED) is 0.610. The zero-order valence-electron chi connectivity index (χ0n) is 14.8. The van der Waals surface area contributed by atoms with E-state index in [4.69, 9.17) is 17.7 Å². The van der Waals surface area contributed by atoms with Crippen LogP contribution in [0.4, 0.5) is 0 Å². The monoisotopic (exact) mass is 342 g/mol.